The van der Waals surface area contributed by atoms with E-state index in [4.69, 9.17) is 4.42 Å². The van der Waals surface area contributed by atoms with Gasteiger partial charge in [0, 0.05) is 12.1 Å². The number of benzene rings is 2. The van der Waals surface area contributed by atoms with Gasteiger partial charge in [-0.25, -0.2) is 5.43 Å². The minimum absolute atomic E-state index is 0.0933. The molecule has 2 amide bonds. The zero-order valence-electron chi connectivity index (χ0n) is 18.3. The number of anilines is 1. The van der Waals surface area contributed by atoms with E-state index in [1.54, 1.807) is 12.1 Å². The number of nitrogens with zero attached hydrogens (tertiary/aromatic N) is 1. The first-order valence-corrected chi connectivity index (χ1v) is 12.0. The first-order chi connectivity index (χ1) is 15.6. The number of carbonyl (C=O) groups excluding carboxylic acids is 2. The molecule has 0 aliphatic carbocycles. The standard InChI is InChI=1S/C25H29N3O3S/c1-2-3-4-5-6-11-23(29)28-26-17-22-14-15-25(31-22)32-18-24(30)27-21-13-12-19-9-7-8-10-20(19)16-21/h7-10,12-17H,2-6,11,18H2,1H3,(H,27,30)(H,28,29)/b26-17+. The molecule has 168 valence electrons. The fraction of sp³-hybridized carbons (Fsp3) is 0.320. The Bertz CT molecular complexity index is 1060. The van der Waals surface area contributed by atoms with Crippen molar-refractivity contribution in [3.63, 3.8) is 0 Å². The minimum atomic E-state index is -0.108. The molecule has 0 radical (unpaired) electrons. The van der Waals surface area contributed by atoms with Crippen LogP contribution in [0.5, 0.6) is 0 Å². The third kappa shape index (κ3) is 7.89. The third-order valence-corrected chi connectivity index (χ3v) is 5.78. The lowest BCUT2D eigenvalue weighted by Crippen LogP contribution is -2.16. The first kappa shape index (κ1) is 23.6. The molecule has 6 nitrogen and oxygen atoms in total. The lowest BCUT2D eigenvalue weighted by atomic mass is 10.1. The van der Waals surface area contributed by atoms with Gasteiger partial charge in [0.05, 0.1) is 12.0 Å². The van der Waals surface area contributed by atoms with Crippen molar-refractivity contribution in [2.45, 2.75) is 50.5 Å². The number of rotatable bonds is 12. The first-order valence-electron chi connectivity index (χ1n) is 11.0. The Balaban J connectivity index is 1.38. The molecule has 3 rings (SSSR count). The number of furan rings is 1. The van der Waals surface area contributed by atoms with Crippen LogP contribution in [0.3, 0.4) is 0 Å². The van der Waals surface area contributed by atoms with Crippen molar-refractivity contribution >= 4 is 46.3 Å². The summed E-state index contributed by atoms with van der Waals surface area (Å²) in [6.45, 7) is 2.17. The second-order valence-electron chi connectivity index (χ2n) is 7.51. The number of hydrazone groups is 1. The van der Waals surface area contributed by atoms with Crippen LogP contribution in [0.2, 0.25) is 0 Å². The van der Waals surface area contributed by atoms with Gasteiger partial charge in [0.1, 0.15) is 5.76 Å². The number of hydrogen-bond donors (Lipinski definition) is 2. The monoisotopic (exact) mass is 451 g/mol. The van der Waals surface area contributed by atoms with Crippen molar-refractivity contribution in [1.82, 2.24) is 5.43 Å². The summed E-state index contributed by atoms with van der Waals surface area (Å²) in [6.07, 6.45) is 7.46. The van der Waals surface area contributed by atoms with E-state index in [2.05, 4.69) is 22.8 Å². The Labute approximate surface area is 192 Å². The summed E-state index contributed by atoms with van der Waals surface area (Å²) in [6, 6.07) is 17.4. The van der Waals surface area contributed by atoms with E-state index in [9.17, 15) is 9.59 Å². The van der Waals surface area contributed by atoms with E-state index in [-0.39, 0.29) is 17.6 Å². The van der Waals surface area contributed by atoms with Crippen LogP contribution < -0.4 is 10.7 Å². The molecular weight excluding hydrogens is 422 g/mol. The highest BCUT2D eigenvalue weighted by Crippen LogP contribution is 2.22. The third-order valence-electron chi connectivity index (χ3n) is 4.87. The van der Waals surface area contributed by atoms with E-state index in [0.717, 1.165) is 29.3 Å². The van der Waals surface area contributed by atoms with Gasteiger partial charge < -0.3 is 9.73 Å². The van der Waals surface area contributed by atoms with Crippen LogP contribution in [-0.4, -0.2) is 23.8 Å². The summed E-state index contributed by atoms with van der Waals surface area (Å²) in [5.41, 5.74) is 3.29. The molecular formula is C25H29N3O3S. The van der Waals surface area contributed by atoms with Crippen molar-refractivity contribution in [2.75, 3.05) is 11.1 Å². The van der Waals surface area contributed by atoms with Gasteiger partial charge in [-0.2, -0.15) is 5.10 Å². The van der Waals surface area contributed by atoms with Crippen LogP contribution in [0.1, 0.15) is 51.2 Å². The molecule has 0 unspecified atom stereocenters. The van der Waals surface area contributed by atoms with E-state index in [0.29, 0.717) is 17.3 Å². The molecule has 0 bridgehead atoms. The summed E-state index contributed by atoms with van der Waals surface area (Å²) < 4.78 is 5.63. The number of thioether (sulfide) groups is 1. The highest BCUT2D eigenvalue weighted by molar-refractivity contribution is 7.99. The van der Waals surface area contributed by atoms with E-state index in [1.807, 2.05) is 42.5 Å². The molecule has 0 spiro atoms. The van der Waals surface area contributed by atoms with E-state index in [1.165, 1.54) is 37.2 Å². The van der Waals surface area contributed by atoms with Crippen LogP contribution >= 0.6 is 11.8 Å². The summed E-state index contributed by atoms with van der Waals surface area (Å²) in [5, 5.41) is 9.68. The number of unbranched alkanes of at least 4 members (excludes halogenated alkanes) is 4. The van der Waals surface area contributed by atoms with Gasteiger partial charge in [-0.05, 0) is 41.5 Å². The largest absolute Gasteiger partial charge is 0.449 e. The zero-order chi connectivity index (χ0) is 22.6. The number of fused-ring (bicyclic) bond motifs is 1. The highest BCUT2D eigenvalue weighted by atomic mass is 32.2. The molecule has 7 heteroatoms. The van der Waals surface area contributed by atoms with Crippen molar-refractivity contribution in [3.05, 3.63) is 60.4 Å². The number of amides is 2. The topological polar surface area (TPSA) is 83.7 Å². The SMILES string of the molecule is CCCCCCCC(=O)N/N=C/c1ccc(SCC(=O)Nc2ccc3ccccc3c2)o1. The quantitative estimate of drug-likeness (QED) is 0.154. The number of hydrogen-bond acceptors (Lipinski definition) is 5. The predicted octanol–water partition coefficient (Wildman–Crippen LogP) is 5.97. The normalized spacial score (nSPS) is 11.2. The second-order valence-corrected chi connectivity index (χ2v) is 8.49. The number of nitrogens with one attached hydrogen (secondary N) is 2. The molecule has 2 aromatic carbocycles. The van der Waals surface area contributed by atoms with Crippen LogP contribution in [0.4, 0.5) is 5.69 Å². The molecule has 2 N–H and O–H groups in total. The van der Waals surface area contributed by atoms with Gasteiger partial charge in [-0.15, -0.1) is 0 Å². The maximum Gasteiger partial charge on any atom is 0.240 e. The van der Waals surface area contributed by atoms with Crippen LogP contribution in [-0.2, 0) is 9.59 Å². The molecule has 0 fully saturated rings. The van der Waals surface area contributed by atoms with Gasteiger partial charge in [0.25, 0.3) is 0 Å². The lowest BCUT2D eigenvalue weighted by Gasteiger charge is -2.06. The van der Waals surface area contributed by atoms with Gasteiger partial charge >= 0.3 is 0 Å². The highest BCUT2D eigenvalue weighted by Gasteiger charge is 2.07. The fourth-order valence-corrected chi connectivity index (χ4v) is 3.86. The molecule has 0 aliphatic heterocycles. The maximum absolute atomic E-state index is 12.3. The minimum Gasteiger partial charge on any atom is -0.449 e. The second kappa shape index (κ2) is 12.7. The van der Waals surface area contributed by atoms with Gasteiger partial charge in [-0.3, -0.25) is 9.59 Å². The Morgan fingerprint density at radius 2 is 1.78 bits per heavy atom. The Morgan fingerprint density at radius 3 is 2.62 bits per heavy atom. The summed E-state index contributed by atoms with van der Waals surface area (Å²) >= 11 is 1.30. The van der Waals surface area contributed by atoms with Gasteiger partial charge in [-0.1, -0.05) is 74.7 Å². The summed E-state index contributed by atoms with van der Waals surface area (Å²) in [4.78, 5) is 24.0. The maximum atomic E-state index is 12.3. The molecule has 0 saturated heterocycles. The zero-order valence-corrected chi connectivity index (χ0v) is 19.1. The van der Waals surface area contributed by atoms with Crippen molar-refractivity contribution < 1.29 is 14.0 Å². The molecule has 0 atom stereocenters. The Morgan fingerprint density at radius 1 is 0.969 bits per heavy atom. The fourth-order valence-electron chi connectivity index (χ4n) is 3.20. The van der Waals surface area contributed by atoms with Gasteiger partial charge in [0.15, 0.2) is 5.09 Å². The molecule has 1 heterocycles. The molecule has 32 heavy (non-hydrogen) atoms. The Kier molecular flexibility index (Phi) is 9.37. The summed E-state index contributed by atoms with van der Waals surface area (Å²) in [5.74, 6) is 0.546. The average molecular weight is 452 g/mol. The lowest BCUT2D eigenvalue weighted by molar-refractivity contribution is -0.121. The Hall–Kier alpha value is -3.06. The van der Waals surface area contributed by atoms with E-state index < -0.39 is 0 Å². The van der Waals surface area contributed by atoms with Crippen molar-refractivity contribution in [1.29, 1.82) is 0 Å². The predicted molar refractivity (Wildman–Crippen MR) is 131 cm³/mol. The van der Waals surface area contributed by atoms with Gasteiger partial charge in [0.2, 0.25) is 11.8 Å². The average Bonchev–Trinajstić information content (AvgIpc) is 3.25. The van der Waals surface area contributed by atoms with Crippen LogP contribution in [0.15, 0.2) is 69.2 Å². The van der Waals surface area contributed by atoms with Crippen LogP contribution in [0.25, 0.3) is 10.8 Å². The number of carbonyl (C=O) groups is 2. The molecule has 0 saturated carbocycles. The molecule has 3 aromatic rings. The van der Waals surface area contributed by atoms with E-state index >= 15 is 0 Å². The smallest absolute Gasteiger partial charge is 0.240 e. The van der Waals surface area contributed by atoms with Crippen molar-refractivity contribution in [3.8, 4) is 0 Å². The summed E-state index contributed by atoms with van der Waals surface area (Å²) in [7, 11) is 0. The molecule has 0 aliphatic rings. The molecule has 1 aromatic heterocycles. The van der Waals surface area contributed by atoms with Crippen LogP contribution in [0, 0.1) is 0 Å². The van der Waals surface area contributed by atoms with Crippen molar-refractivity contribution in [2.24, 2.45) is 5.10 Å².